The number of aliphatic hydroxyl groups is 1. The second-order valence-electron chi connectivity index (χ2n) is 5.50. The van der Waals surface area contributed by atoms with E-state index in [2.05, 4.69) is 0 Å². The van der Waals surface area contributed by atoms with Gasteiger partial charge in [0, 0.05) is 13.6 Å². The molecule has 1 N–H and O–H groups in total. The van der Waals surface area contributed by atoms with Crippen molar-refractivity contribution in [3.05, 3.63) is 35.6 Å². The van der Waals surface area contributed by atoms with Crippen LogP contribution in [0.1, 0.15) is 32.8 Å². The molecule has 0 aliphatic carbocycles. The van der Waals surface area contributed by atoms with Gasteiger partial charge in [-0.3, -0.25) is 4.79 Å². The highest BCUT2D eigenvalue weighted by molar-refractivity contribution is 5.87. The summed E-state index contributed by atoms with van der Waals surface area (Å²) in [5, 5.41) is 9.25. The summed E-state index contributed by atoms with van der Waals surface area (Å²) in [5.41, 5.74) is 0.0732. The summed E-state index contributed by atoms with van der Waals surface area (Å²) >= 11 is 0. The van der Waals surface area contributed by atoms with Crippen LogP contribution in [0.15, 0.2) is 24.3 Å². The van der Waals surface area contributed by atoms with Crippen molar-refractivity contribution in [2.24, 2.45) is 0 Å². The molecular weight excluding hydrogens is 245 g/mol. The first-order chi connectivity index (χ1) is 8.75. The van der Waals surface area contributed by atoms with Crippen LogP contribution in [0.3, 0.4) is 0 Å². The largest absolute Gasteiger partial charge is 0.393 e. The van der Waals surface area contributed by atoms with Gasteiger partial charge in [0.05, 0.1) is 11.5 Å². The minimum absolute atomic E-state index is 0.0419. The summed E-state index contributed by atoms with van der Waals surface area (Å²) in [6.45, 7) is 5.84. The predicted octanol–water partition coefficient (Wildman–Crippen LogP) is 2.33. The lowest BCUT2D eigenvalue weighted by Crippen LogP contribution is -2.42. The van der Waals surface area contributed by atoms with Crippen molar-refractivity contribution in [1.82, 2.24) is 4.90 Å². The number of carbonyl (C=O) groups is 1. The summed E-state index contributed by atoms with van der Waals surface area (Å²) in [6, 6.07) is 5.99. The molecule has 106 valence electrons. The number of hydrogen-bond donors (Lipinski definition) is 1. The van der Waals surface area contributed by atoms with Gasteiger partial charge in [-0.15, -0.1) is 0 Å². The van der Waals surface area contributed by atoms with Gasteiger partial charge in [0.25, 0.3) is 0 Å². The Labute approximate surface area is 114 Å². The number of nitrogens with zero attached hydrogens (tertiary/aromatic N) is 1. The average Bonchev–Trinajstić information content (AvgIpc) is 2.35. The third kappa shape index (κ3) is 4.03. The maximum atomic E-state index is 12.9. The van der Waals surface area contributed by atoms with Crippen LogP contribution < -0.4 is 0 Å². The summed E-state index contributed by atoms with van der Waals surface area (Å²) in [4.78, 5) is 14.0. The number of carbonyl (C=O) groups excluding carboxylic acids is 1. The van der Waals surface area contributed by atoms with Crippen molar-refractivity contribution >= 4 is 5.91 Å². The van der Waals surface area contributed by atoms with E-state index in [0.717, 1.165) is 5.56 Å². The Balaban J connectivity index is 2.81. The molecule has 1 atom stereocenters. The normalized spacial score (nSPS) is 13.2. The van der Waals surface area contributed by atoms with Crippen LogP contribution in [0.5, 0.6) is 0 Å². The molecule has 0 saturated heterocycles. The zero-order chi connectivity index (χ0) is 14.6. The monoisotopic (exact) mass is 267 g/mol. The van der Waals surface area contributed by atoms with Gasteiger partial charge >= 0.3 is 0 Å². The molecule has 1 rings (SSSR count). The molecule has 4 heteroatoms. The van der Waals surface area contributed by atoms with Gasteiger partial charge in [-0.25, -0.2) is 4.39 Å². The first-order valence-corrected chi connectivity index (χ1v) is 6.45. The SMILES string of the molecule is CC(O)CCN(C)C(=O)C(C)(C)c1ccc(F)cc1. The molecule has 0 aliphatic heterocycles. The highest BCUT2D eigenvalue weighted by Crippen LogP contribution is 2.25. The van der Waals surface area contributed by atoms with Gasteiger partial charge in [-0.05, 0) is 44.9 Å². The van der Waals surface area contributed by atoms with Crippen LogP contribution in [0.4, 0.5) is 4.39 Å². The minimum atomic E-state index is -0.707. The Morgan fingerprint density at radius 2 is 1.89 bits per heavy atom. The van der Waals surface area contributed by atoms with E-state index in [4.69, 9.17) is 0 Å². The second kappa shape index (κ2) is 6.15. The van der Waals surface area contributed by atoms with Crippen molar-refractivity contribution in [2.45, 2.75) is 38.7 Å². The van der Waals surface area contributed by atoms with Gasteiger partial charge < -0.3 is 10.0 Å². The third-order valence-corrected chi connectivity index (χ3v) is 3.33. The van der Waals surface area contributed by atoms with E-state index < -0.39 is 11.5 Å². The number of benzene rings is 1. The molecule has 0 heterocycles. The lowest BCUT2D eigenvalue weighted by molar-refractivity contribution is -0.135. The summed E-state index contributed by atoms with van der Waals surface area (Å²) < 4.78 is 12.9. The van der Waals surface area contributed by atoms with Gasteiger partial charge in [0.1, 0.15) is 5.82 Å². The quantitative estimate of drug-likeness (QED) is 0.889. The van der Waals surface area contributed by atoms with Crippen LogP contribution in [-0.2, 0) is 10.2 Å². The van der Waals surface area contributed by atoms with E-state index >= 15 is 0 Å². The highest BCUT2D eigenvalue weighted by Gasteiger charge is 2.32. The Hall–Kier alpha value is -1.42. The van der Waals surface area contributed by atoms with Crippen LogP contribution in [0.2, 0.25) is 0 Å². The van der Waals surface area contributed by atoms with Crippen LogP contribution in [0, 0.1) is 5.82 Å². The Bertz CT molecular complexity index is 426. The second-order valence-corrected chi connectivity index (χ2v) is 5.50. The Kier molecular flexibility index (Phi) is 5.06. The smallest absolute Gasteiger partial charge is 0.232 e. The molecule has 0 saturated carbocycles. The summed E-state index contributed by atoms with van der Waals surface area (Å²) in [5.74, 6) is -0.353. The summed E-state index contributed by atoms with van der Waals surface area (Å²) in [7, 11) is 1.72. The molecule has 1 unspecified atom stereocenters. The molecule has 1 aromatic rings. The number of likely N-dealkylation sites (N-methyl/N-ethyl adjacent to an activating group) is 1. The molecule has 0 bridgehead atoms. The third-order valence-electron chi connectivity index (χ3n) is 3.33. The van der Waals surface area contributed by atoms with Gasteiger partial charge in [-0.1, -0.05) is 12.1 Å². The first kappa shape index (κ1) is 15.6. The maximum absolute atomic E-state index is 12.9. The average molecular weight is 267 g/mol. The standard InChI is InChI=1S/C15H22FNO2/c1-11(18)9-10-17(4)14(19)15(2,3)12-5-7-13(16)8-6-12/h5-8,11,18H,9-10H2,1-4H3. The lowest BCUT2D eigenvalue weighted by Gasteiger charge is -2.30. The van der Waals surface area contributed by atoms with Gasteiger partial charge in [-0.2, -0.15) is 0 Å². The van der Waals surface area contributed by atoms with Gasteiger partial charge in [0.15, 0.2) is 0 Å². The van der Waals surface area contributed by atoms with Crippen molar-refractivity contribution in [3.8, 4) is 0 Å². The van der Waals surface area contributed by atoms with E-state index in [9.17, 15) is 14.3 Å². The zero-order valence-electron chi connectivity index (χ0n) is 12.0. The molecule has 0 aliphatic rings. The van der Waals surface area contributed by atoms with E-state index in [0.29, 0.717) is 13.0 Å². The Morgan fingerprint density at radius 1 is 1.37 bits per heavy atom. The van der Waals surface area contributed by atoms with Crippen LogP contribution >= 0.6 is 0 Å². The maximum Gasteiger partial charge on any atom is 0.232 e. The minimum Gasteiger partial charge on any atom is -0.393 e. The number of halogens is 1. The molecule has 0 aromatic heterocycles. The molecular formula is C15H22FNO2. The predicted molar refractivity (Wildman–Crippen MR) is 73.4 cm³/mol. The van der Waals surface area contributed by atoms with Crippen LogP contribution in [-0.4, -0.2) is 35.6 Å². The number of hydrogen-bond acceptors (Lipinski definition) is 2. The topological polar surface area (TPSA) is 40.5 Å². The van der Waals surface area contributed by atoms with Crippen molar-refractivity contribution < 1.29 is 14.3 Å². The lowest BCUT2D eigenvalue weighted by atomic mass is 9.83. The number of rotatable bonds is 5. The fourth-order valence-corrected chi connectivity index (χ4v) is 1.95. The van der Waals surface area contributed by atoms with Crippen molar-refractivity contribution in [2.75, 3.05) is 13.6 Å². The van der Waals surface area contributed by atoms with E-state index in [1.807, 2.05) is 13.8 Å². The fourth-order valence-electron chi connectivity index (χ4n) is 1.95. The van der Waals surface area contributed by atoms with Crippen molar-refractivity contribution in [1.29, 1.82) is 0 Å². The fraction of sp³-hybridized carbons (Fsp3) is 0.533. The molecule has 3 nitrogen and oxygen atoms in total. The highest BCUT2D eigenvalue weighted by atomic mass is 19.1. The van der Waals surface area contributed by atoms with E-state index in [1.165, 1.54) is 12.1 Å². The molecule has 0 spiro atoms. The summed E-state index contributed by atoms with van der Waals surface area (Å²) in [6.07, 6.45) is 0.117. The molecule has 19 heavy (non-hydrogen) atoms. The number of amides is 1. The van der Waals surface area contributed by atoms with E-state index in [1.54, 1.807) is 31.0 Å². The van der Waals surface area contributed by atoms with Crippen molar-refractivity contribution in [3.63, 3.8) is 0 Å². The van der Waals surface area contributed by atoms with Gasteiger partial charge in [0.2, 0.25) is 5.91 Å². The molecule has 0 fully saturated rings. The van der Waals surface area contributed by atoms with Crippen LogP contribution in [0.25, 0.3) is 0 Å². The molecule has 0 radical (unpaired) electrons. The zero-order valence-corrected chi connectivity index (χ0v) is 12.0. The molecule has 1 aromatic carbocycles. The Morgan fingerprint density at radius 3 is 2.37 bits per heavy atom. The number of aliphatic hydroxyl groups excluding tert-OH is 1. The van der Waals surface area contributed by atoms with E-state index in [-0.39, 0.29) is 11.7 Å². The first-order valence-electron chi connectivity index (χ1n) is 6.45. The molecule has 1 amide bonds.